The number of carbonyl (C=O) groups excluding carboxylic acids is 1. The number of hydrogen-bond acceptors (Lipinski definition) is 4. The van der Waals surface area contributed by atoms with Gasteiger partial charge in [0.1, 0.15) is 5.75 Å². The highest BCUT2D eigenvalue weighted by molar-refractivity contribution is 5.92. The van der Waals surface area contributed by atoms with Gasteiger partial charge < -0.3 is 20.5 Å². The van der Waals surface area contributed by atoms with Crippen LogP contribution in [0.3, 0.4) is 0 Å². The molecular weight excluding hydrogens is 364 g/mol. The van der Waals surface area contributed by atoms with Gasteiger partial charge in [-0.1, -0.05) is 42.5 Å². The Labute approximate surface area is 172 Å². The van der Waals surface area contributed by atoms with E-state index in [0.29, 0.717) is 5.56 Å². The standard InChI is InChI=1S/C24H28N2O3/c1-16(20-5-4-6-21(14-20)28-2)26-15-17-7-12-23(29-3)22(13-17)18-8-10-19(11-9-18)24(25)27/h4-14,16,22-23,26H,15H2,1-3H3,(H2,25,27)/t16-,22?,23?/m1/s1. The quantitative estimate of drug-likeness (QED) is 0.718. The van der Waals surface area contributed by atoms with Crippen molar-refractivity contribution in [2.75, 3.05) is 20.8 Å². The lowest BCUT2D eigenvalue weighted by molar-refractivity contribution is 0.1000. The van der Waals surface area contributed by atoms with Crippen molar-refractivity contribution in [1.29, 1.82) is 0 Å². The highest BCUT2D eigenvalue weighted by Gasteiger charge is 2.23. The molecule has 1 aliphatic carbocycles. The molecule has 2 aromatic rings. The molecule has 0 heterocycles. The largest absolute Gasteiger partial charge is 0.497 e. The molecule has 1 aliphatic rings. The summed E-state index contributed by atoms with van der Waals surface area (Å²) >= 11 is 0. The van der Waals surface area contributed by atoms with Gasteiger partial charge in [-0.3, -0.25) is 4.79 Å². The normalized spacial score (nSPS) is 19.5. The van der Waals surface area contributed by atoms with Gasteiger partial charge in [0.15, 0.2) is 0 Å². The van der Waals surface area contributed by atoms with Crippen molar-refractivity contribution in [3.05, 3.63) is 89.0 Å². The molecule has 5 heteroatoms. The van der Waals surface area contributed by atoms with Crippen molar-refractivity contribution < 1.29 is 14.3 Å². The van der Waals surface area contributed by atoms with E-state index < -0.39 is 5.91 Å². The van der Waals surface area contributed by atoms with Crippen molar-refractivity contribution in [3.8, 4) is 5.75 Å². The van der Waals surface area contributed by atoms with Gasteiger partial charge in [0.05, 0.1) is 13.2 Å². The second-order valence-corrected chi connectivity index (χ2v) is 7.19. The first-order valence-electron chi connectivity index (χ1n) is 9.70. The number of methoxy groups -OCH3 is 2. The lowest BCUT2D eigenvalue weighted by Crippen LogP contribution is -2.25. The van der Waals surface area contributed by atoms with Crippen LogP contribution in [0.15, 0.2) is 72.3 Å². The zero-order valence-corrected chi connectivity index (χ0v) is 17.1. The third-order valence-corrected chi connectivity index (χ3v) is 5.31. The molecule has 2 aromatic carbocycles. The third-order valence-electron chi connectivity index (χ3n) is 5.31. The highest BCUT2D eigenvalue weighted by Crippen LogP contribution is 2.30. The number of nitrogens with two attached hydrogens (primary N) is 1. The van der Waals surface area contributed by atoms with E-state index in [1.165, 1.54) is 11.1 Å². The molecule has 0 radical (unpaired) electrons. The van der Waals surface area contributed by atoms with E-state index in [-0.39, 0.29) is 18.1 Å². The maximum atomic E-state index is 11.3. The van der Waals surface area contributed by atoms with E-state index in [2.05, 4.69) is 36.5 Å². The molecule has 0 saturated heterocycles. The van der Waals surface area contributed by atoms with Crippen LogP contribution in [0.25, 0.3) is 0 Å². The van der Waals surface area contributed by atoms with Crippen LogP contribution in [0.2, 0.25) is 0 Å². The lowest BCUT2D eigenvalue weighted by Gasteiger charge is -2.26. The first kappa shape index (κ1) is 20.8. The summed E-state index contributed by atoms with van der Waals surface area (Å²) in [7, 11) is 3.39. The second kappa shape index (κ2) is 9.54. The average Bonchev–Trinajstić information content (AvgIpc) is 2.77. The van der Waals surface area contributed by atoms with Gasteiger partial charge in [-0.2, -0.15) is 0 Å². The maximum Gasteiger partial charge on any atom is 0.248 e. The second-order valence-electron chi connectivity index (χ2n) is 7.19. The number of benzene rings is 2. The number of amides is 1. The van der Waals surface area contributed by atoms with E-state index >= 15 is 0 Å². The number of hydrogen-bond donors (Lipinski definition) is 2. The predicted octanol–water partition coefficient (Wildman–Crippen LogP) is 3.74. The Hall–Kier alpha value is -2.89. The number of ether oxygens (including phenoxy) is 2. The summed E-state index contributed by atoms with van der Waals surface area (Å²) in [4.78, 5) is 11.3. The van der Waals surface area contributed by atoms with Crippen LogP contribution in [0.1, 0.15) is 40.4 Å². The lowest BCUT2D eigenvalue weighted by atomic mass is 9.86. The highest BCUT2D eigenvalue weighted by atomic mass is 16.5. The molecule has 3 atom stereocenters. The van der Waals surface area contributed by atoms with Gasteiger partial charge in [0.25, 0.3) is 0 Å². The van der Waals surface area contributed by atoms with Gasteiger partial charge in [0.2, 0.25) is 5.91 Å². The molecule has 2 unspecified atom stereocenters. The third kappa shape index (κ3) is 5.13. The molecule has 0 fully saturated rings. The molecule has 0 aliphatic heterocycles. The minimum Gasteiger partial charge on any atom is -0.497 e. The minimum atomic E-state index is -0.421. The van der Waals surface area contributed by atoms with E-state index in [1.54, 1.807) is 26.4 Å². The summed E-state index contributed by atoms with van der Waals surface area (Å²) in [5, 5.41) is 3.57. The summed E-state index contributed by atoms with van der Waals surface area (Å²) in [6.45, 7) is 2.88. The molecule has 0 bridgehead atoms. The van der Waals surface area contributed by atoms with Gasteiger partial charge >= 0.3 is 0 Å². The number of rotatable bonds is 8. The summed E-state index contributed by atoms with van der Waals surface area (Å²) in [6, 6.07) is 15.7. The molecule has 1 amide bonds. The zero-order chi connectivity index (χ0) is 20.8. The van der Waals surface area contributed by atoms with Crippen molar-refractivity contribution in [1.82, 2.24) is 5.32 Å². The van der Waals surface area contributed by atoms with Gasteiger partial charge in [-0.15, -0.1) is 0 Å². The Kier molecular flexibility index (Phi) is 6.86. The van der Waals surface area contributed by atoms with Gasteiger partial charge in [-0.05, 0) is 47.9 Å². The van der Waals surface area contributed by atoms with Gasteiger partial charge in [-0.25, -0.2) is 0 Å². The Morgan fingerprint density at radius 3 is 2.59 bits per heavy atom. The smallest absolute Gasteiger partial charge is 0.248 e. The van der Waals surface area contributed by atoms with Crippen LogP contribution in [-0.2, 0) is 4.74 Å². The van der Waals surface area contributed by atoms with Gasteiger partial charge in [0, 0.05) is 31.2 Å². The summed E-state index contributed by atoms with van der Waals surface area (Å²) in [5.74, 6) is 0.515. The van der Waals surface area contributed by atoms with Crippen LogP contribution in [0, 0.1) is 0 Å². The Morgan fingerprint density at radius 1 is 1.17 bits per heavy atom. The summed E-state index contributed by atoms with van der Waals surface area (Å²) < 4.78 is 11.0. The topological polar surface area (TPSA) is 73.6 Å². The molecule has 3 rings (SSSR count). The van der Waals surface area contributed by atoms with E-state index in [1.807, 2.05) is 30.3 Å². The summed E-state index contributed by atoms with van der Waals surface area (Å²) in [6.07, 6.45) is 6.36. The fourth-order valence-corrected chi connectivity index (χ4v) is 3.52. The average molecular weight is 392 g/mol. The van der Waals surface area contributed by atoms with Crippen LogP contribution < -0.4 is 15.8 Å². The number of nitrogens with one attached hydrogen (secondary N) is 1. The van der Waals surface area contributed by atoms with Crippen LogP contribution in [-0.4, -0.2) is 32.8 Å². The van der Waals surface area contributed by atoms with Crippen LogP contribution in [0.4, 0.5) is 0 Å². The fraction of sp³-hybridized carbons (Fsp3) is 0.292. The van der Waals surface area contributed by atoms with Crippen molar-refractivity contribution in [2.24, 2.45) is 5.73 Å². The van der Waals surface area contributed by atoms with Crippen molar-refractivity contribution in [3.63, 3.8) is 0 Å². The molecule has 152 valence electrons. The molecule has 0 aromatic heterocycles. The number of carbonyl (C=O) groups is 1. The molecular formula is C24H28N2O3. The first-order valence-corrected chi connectivity index (χ1v) is 9.70. The Bertz CT molecular complexity index is 903. The van der Waals surface area contributed by atoms with Crippen molar-refractivity contribution in [2.45, 2.75) is 25.0 Å². The molecule has 29 heavy (non-hydrogen) atoms. The predicted molar refractivity (Wildman–Crippen MR) is 115 cm³/mol. The van der Waals surface area contributed by atoms with Crippen LogP contribution in [0.5, 0.6) is 5.75 Å². The zero-order valence-electron chi connectivity index (χ0n) is 17.1. The van der Waals surface area contributed by atoms with Crippen molar-refractivity contribution >= 4 is 5.91 Å². The molecule has 3 N–H and O–H groups in total. The Morgan fingerprint density at radius 2 is 1.93 bits per heavy atom. The van der Waals surface area contributed by atoms with Crippen LogP contribution >= 0.6 is 0 Å². The monoisotopic (exact) mass is 392 g/mol. The molecule has 5 nitrogen and oxygen atoms in total. The van der Waals surface area contributed by atoms with E-state index in [9.17, 15) is 4.79 Å². The molecule has 0 saturated carbocycles. The minimum absolute atomic E-state index is 0.0472. The number of primary amides is 1. The first-order chi connectivity index (χ1) is 14.0. The van der Waals surface area contributed by atoms with E-state index in [0.717, 1.165) is 17.9 Å². The SMILES string of the molecule is COc1cccc([C@@H](C)NCC2=CC(c3ccc(C(N)=O)cc3)C(OC)C=C2)c1. The van der Waals surface area contributed by atoms with E-state index in [4.69, 9.17) is 15.2 Å². The Balaban J connectivity index is 1.71. The summed E-state index contributed by atoms with van der Waals surface area (Å²) in [5.41, 5.74) is 9.31. The molecule has 0 spiro atoms. The maximum absolute atomic E-state index is 11.3. The fourth-order valence-electron chi connectivity index (χ4n) is 3.52.